The highest BCUT2D eigenvalue weighted by molar-refractivity contribution is 5.79. The third kappa shape index (κ3) is 2.93. The molecule has 2 heterocycles. The van der Waals surface area contributed by atoms with Crippen molar-refractivity contribution in [1.82, 2.24) is 4.90 Å². The average Bonchev–Trinajstić information content (AvgIpc) is 2.49. The monoisotopic (exact) mass is 303 g/mol. The molecular weight excluding hydrogens is 282 g/mol. The van der Waals surface area contributed by atoms with Gasteiger partial charge < -0.3 is 14.4 Å². The summed E-state index contributed by atoms with van der Waals surface area (Å²) >= 11 is 0. The van der Waals surface area contributed by atoms with E-state index in [0.29, 0.717) is 25.9 Å². The first kappa shape index (κ1) is 14.9. The molecule has 0 spiro atoms. The van der Waals surface area contributed by atoms with Crippen LogP contribution in [0.5, 0.6) is 5.75 Å². The van der Waals surface area contributed by atoms with Crippen LogP contribution in [-0.2, 0) is 20.9 Å². The summed E-state index contributed by atoms with van der Waals surface area (Å²) in [6.45, 7) is 3.17. The van der Waals surface area contributed by atoms with Crippen LogP contribution in [0.25, 0.3) is 0 Å². The van der Waals surface area contributed by atoms with Crippen molar-refractivity contribution in [3.05, 3.63) is 29.8 Å². The van der Waals surface area contributed by atoms with Crippen molar-refractivity contribution >= 4 is 11.9 Å². The lowest BCUT2D eigenvalue weighted by molar-refractivity contribution is -0.168. The summed E-state index contributed by atoms with van der Waals surface area (Å²) in [7, 11) is 1.63. The molecule has 2 aliphatic rings. The van der Waals surface area contributed by atoms with Gasteiger partial charge in [-0.3, -0.25) is 9.59 Å². The Balaban J connectivity index is 1.69. The molecule has 0 radical (unpaired) electrons. The first-order valence-corrected chi connectivity index (χ1v) is 7.67. The van der Waals surface area contributed by atoms with E-state index in [-0.39, 0.29) is 29.8 Å². The molecular formula is C17H21NO4. The number of carbonyl (C=O) groups is 2. The minimum Gasteiger partial charge on any atom is -0.497 e. The van der Waals surface area contributed by atoms with E-state index >= 15 is 0 Å². The van der Waals surface area contributed by atoms with E-state index in [1.807, 2.05) is 36.1 Å². The third-order valence-electron chi connectivity index (χ3n) is 4.71. The molecule has 118 valence electrons. The van der Waals surface area contributed by atoms with Crippen LogP contribution in [0.4, 0.5) is 0 Å². The van der Waals surface area contributed by atoms with E-state index in [0.717, 1.165) is 11.3 Å². The van der Waals surface area contributed by atoms with Crippen LogP contribution in [0.1, 0.15) is 25.3 Å². The van der Waals surface area contributed by atoms with Crippen LogP contribution in [0.2, 0.25) is 0 Å². The van der Waals surface area contributed by atoms with Crippen molar-refractivity contribution < 1.29 is 19.1 Å². The zero-order chi connectivity index (χ0) is 15.7. The number of cyclic esters (lactones) is 1. The Labute approximate surface area is 130 Å². The van der Waals surface area contributed by atoms with Crippen molar-refractivity contribution in [2.75, 3.05) is 13.7 Å². The minimum atomic E-state index is -0.176. The van der Waals surface area contributed by atoms with E-state index in [9.17, 15) is 9.59 Å². The van der Waals surface area contributed by atoms with Gasteiger partial charge in [0.2, 0.25) is 5.91 Å². The molecule has 1 aromatic rings. The van der Waals surface area contributed by atoms with Gasteiger partial charge in [0.1, 0.15) is 11.9 Å². The van der Waals surface area contributed by atoms with Gasteiger partial charge in [-0.15, -0.1) is 0 Å². The number of carbonyl (C=O) groups excluding carboxylic acids is 2. The van der Waals surface area contributed by atoms with Crippen molar-refractivity contribution in [3.63, 3.8) is 0 Å². The molecule has 1 amide bonds. The van der Waals surface area contributed by atoms with E-state index in [1.165, 1.54) is 0 Å². The molecule has 0 aromatic heterocycles. The quantitative estimate of drug-likeness (QED) is 0.801. The fourth-order valence-corrected chi connectivity index (χ4v) is 3.43. The van der Waals surface area contributed by atoms with E-state index in [2.05, 4.69) is 0 Å². The Morgan fingerprint density at radius 2 is 1.95 bits per heavy atom. The lowest BCUT2D eigenvalue weighted by Crippen LogP contribution is -2.51. The molecule has 0 N–H and O–H groups in total. The van der Waals surface area contributed by atoms with Crippen LogP contribution in [-0.4, -0.2) is 36.5 Å². The number of rotatable bonds is 3. The Morgan fingerprint density at radius 1 is 1.23 bits per heavy atom. The normalized spacial score (nSPS) is 28.1. The number of likely N-dealkylation sites (tertiary alicyclic amines) is 1. The lowest BCUT2D eigenvalue weighted by atomic mass is 9.78. The number of nitrogens with zero attached hydrogens (tertiary/aromatic N) is 1. The van der Waals surface area contributed by atoms with Crippen molar-refractivity contribution in [1.29, 1.82) is 0 Å². The molecule has 1 aromatic carbocycles. The number of hydrogen-bond donors (Lipinski definition) is 0. The smallest absolute Gasteiger partial charge is 0.306 e. The summed E-state index contributed by atoms with van der Waals surface area (Å²) in [5.41, 5.74) is 1.08. The first-order valence-electron chi connectivity index (χ1n) is 7.67. The second-order valence-corrected chi connectivity index (χ2v) is 6.15. The zero-order valence-corrected chi connectivity index (χ0v) is 13.0. The molecule has 3 unspecified atom stereocenters. The van der Waals surface area contributed by atoms with Gasteiger partial charge in [-0.25, -0.2) is 0 Å². The third-order valence-corrected chi connectivity index (χ3v) is 4.71. The van der Waals surface area contributed by atoms with Gasteiger partial charge in [-0.2, -0.15) is 0 Å². The highest BCUT2D eigenvalue weighted by Gasteiger charge is 2.42. The number of hydrogen-bond acceptors (Lipinski definition) is 4. The average molecular weight is 303 g/mol. The van der Waals surface area contributed by atoms with Crippen LogP contribution in [0, 0.1) is 11.8 Å². The number of piperidine rings is 1. The van der Waals surface area contributed by atoms with Crippen molar-refractivity contribution in [2.45, 2.75) is 32.4 Å². The Morgan fingerprint density at radius 3 is 2.64 bits per heavy atom. The van der Waals surface area contributed by atoms with Crippen LogP contribution in [0.3, 0.4) is 0 Å². The summed E-state index contributed by atoms with van der Waals surface area (Å²) in [6.07, 6.45) is 0.704. The van der Waals surface area contributed by atoms with Gasteiger partial charge in [0.15, 0.2) is 0 Å². The number of ether oxygens (including phenoxy) is 2. The predicted octanol–water partition coefficient (Wildman–Crippen LogP) is 2.00. The standard InChI is InChI=1S/C17H21NO4/c1-11-15-10-18(9-12-3-5-14(21-2)6-4-12)16(19)7-13(15)8-17(20)22-11/h3-6,11,13,15H,7-10H2,1-2H3. The summed E-state index contributed by atoms with van der Waals surface area (Å²) in [6, 6.07) is 7.75. The van der Waals surface area contributed by atoms with Gasteiger partial charge in [0.25, 0.3) is 0 Å². The van der Waals surface area contributed by atoms with E-state index in [4.69, 9.17) is 9.47 Å². The number of amides is 1. The summed E-state index contributed by atoms with van der Waals surface area (Å²) < 4.78 is 10.5. The molecule has 0 bridgehead atoms. The maximum atomic E-state index is 12.3. The molecule has 2 aliphatic heterocycles. The first-order chi connectivity index (χ1) is 10.6. The second kappa shape index (κ2) is 5.99. The number of benzene rings is 1. The SMILES string of the molecule is COc1ccc(CN2CC3C(CC(=O)OC3C)CC2=O)cc1. The maximum absolute atomic E-state index is 12.3. The second-order valence-electron chi connectivity index (χ2n) is 6.15. The van der Waals surface area contributed by atoms with Gasteiger partial charge >= 0.3 is 5.97 Å². The van der Waals surface area contributed by atoms with Crippen LogP contribution in [0.15, 0.2) is 24.3 Å². The molecule has 2 saturated heterocycles. The summed E-state index contributed by atoms with van der Waals surface area (Å²) in [5.74, 6) is 1.13. The van der Waals surface area contributed by atoms with Crippen molar-refractivity contribution in [3.8, 4) is 5.75 Å². The van der Waals surface area contributed by atoms with Gasteiger partial charge in [-0.05, 0) is 30.5 Å². The molecule has 22 heavy (non-hydrogen) atoms. The summed E-state index contributed by atoms with van der Waals surface area (Å²) in [5, 5.41) is 0. The largest absolute Gasteiger partial charge is 0.497 e. The fraction of sp³-hybridized carbons (Fsp3) is 0.529. The molecule has 5 heteroatoms. The molecule has 0 saturated carbocycles. The highest BCUT2D eigenvalue weighted by Crippen LogP contribution is 2.35. The van der Waals surface area contributed by atoms with Crippen LogP contribution < -0.4 is 4.74 Å². The maximum Gasteiger partial charge on any atom is 0.306 e. The van der Waals surface area contributed by atoms with Gasteiger partial charge in [0, 0.05) is 31.8 Å². The molecule has 0 aliphatic carbocycles. The molecule has 2 fully saturated rings. The van der Waals surface area contributed by atoms with Crippen LogP contribution >= 0.6 is 0 Å². The Hall–Kier alpha value is -2.04. The molecule has 5 nitrogen and oxygen atoms in total. The Bertz CT molecular complexity index is 569. The molecule has 3 rings (SSSR count). The number of methoxy groups -OCH3 is 1. The van der Waals surface area contributed by atoms with E-state index < -0.39 is 0 Å². The topological polar surface area (TPSA) is 55.8 Å². The fourth-order valence-electron chi connectivity index (χ4n) is 3.43. The lowest BCUT2D eigenvalue weighted by Gasteiger charge is -2.43. The summed E-state index contributed by atoms with van der Waals surface area (Å²) in [4.78, 5) is 25.7. The van der Waals surface area contributed by atoms with Gasteiger partial charge in [-0.1, -0.05) is 12.1 Å². The predicted molar refractivity (Wildman–Crippen MR) is 80.2 cm³/mol. The van der Waals surface area contributed by atoms with E-state index in [1.54, 1.807) is 7.11 Å². The van der Waals surface area contributed by atoms with Crippen molar-refractivity contribution in [2.24, 2.45) is 11.8 Å². The zero-order valence-electron chi connectivity index (χ0n) is 13.0. The molecule has 3 atom stereocenters. The minimum absolute atomic E-state index is 0.113. The van der Waals surface area contributed by atoms with Gasteiger partial charge in [0.05, 0.1) is 7.11 Å². The Kier molecular flexibility index (Phi) is 4.05. The number of esters is 1. The number of fused-ring (bicyclic) bond motifs is 1. The highest BCUT2D eigenvalue weighted by atomic mass is 16.5.